The molecule has 0 bridgehead atoms. The van der Waals surface area contributed by atoms with Gasteiger partial charge in [0.05, 0.1) is 6.61 Å². The van der Waals surface area contributed by atoms with Gasteiger partial charge in [-0.2, -0.15) is 4.99 Å². The molecular formula is C7H12N2O3S. The normalized spacial score (nSPS) is 10.8. The summed E-state index contributed by atoms with van der Waals surface area (Å²) in [4.78, 5) is 24.9. The van der Waals surface area contributed by atoms with Crippen LogP contribution in [0.15, 0.2) is 4.99 Å². The second-order valence-corrected chi connectivity index (χ2v) is 2.80. The second kappa shape index (κ2) is 6.47. The van der Waals surface area contributed by atoms with Crippen molar-refractivity contribution >= 4 is 28.9 Å². The minimum atomic E-state index is -0.694. The van der Waals surface area contributed by atoms with Gasteiger partial charge in [-0.1, -0.05) is 11.8 Å². The summed E-state index contributed by atoms with van der Waals surface area (Å²) in [7, 11) is 0. The zero-order chi connectivity index (χ0) is 10.3. The summed E-state index contributed by atoms with van der Waals surface area (Å²) in [6.07, 6.45) is 1.01. The highest BCUT2D eigenvalue weighted by molar-refractivity contribution is 8.13. The Bertz CT molecular complexity index is 228. The molecule has 0 saturated carbocycles. The zero-order valence-electron chi connectivity index (χ0n) is 7.79. The van der Waals surface area contributed by atoms with Crippen LogP contribution in [0.25, 0.3) is 0 Å². The first-order chi connectivity index (χ1) is 6.10. The molecule has 0 fully saturated rings. The Balaban J connectivity index is 4.20. The fourth-order valence-electron chi connectivity index (χ4n) is 0.514. The third-order valence-corrected chi connectivity index (χ3v) is 1.52. The summed E-state index contributed by atoms with van der Waals surface area (Å²) in [5.74, 6) is -0.266. The van der Waals surface area contributed by atoms with Crippen LogP contribution in [0.4, 0.5) is 4.79 Å². The minimum absolute atomic E-state index is 0.242. The maximum absolute atomic E-state index is 10.8. The van der Waals surface area contributed by atoms with Crippen molar-refractivity contribution in [3.05, 3.63) is 0 Å². The van der Waals surface area contributed by atoms with Crippen molar-refractivity contribution in [3.63, 3.8) is 0 Å². The number of hydrogen-bond donors (Lipinski definition) is 1. The van der Waals surface area contributed by atoms with Crippen molar-refractivity contribution < 1.29 is 14.3 Å². The molecule has 0 rings (SSSR count). The van der Waals surface area contributed by atoms with Crippen LogP contribution in [-0.2, 0) is 9.53 Å². The maximum Gasteiger partial charge on any atom is 0.436 e. The van der Waals surface area contributed by atoms with Gasteiger partial charge in [-0.25, -0.2) is 4.79 Å². The number of nitrogens with zero attached hydrogens (tertiary/aromatic N) is 1. The SMILES string of the molecule is CCOC(=O)N=C(NC(C)=O)SC. The highest BCUT2D eigenvalue weighted by Gasteiger charge is 2.03. The van der Waals surface area contributed by atoms with Crippen LogP contribution in [0.5, 0.6) is 0 Å². The van der Waals surface area contributed by atoms with Crippen LogP contribution < -0.4 is 5.32 Å². The third-order valence-electron chi connectivity index (χ3n) is 0.937. The average molecular weight is 204 g/mol. The molecule has 5 nitrogen and oxygen atoms in total. The molecule has 74 valence electrons. The van der Waals surface area contributed by atoms with Crippen molar-refractivity contribution in [2.24, 2.45) is 4.99 Å². The Morgan fingerprint density at radius 3 is 2.54 bits per heavy atom. The van der Waals surface area contributed by atoms with Crippen molar-refractivity contribution in [3.8, 4) is 0 Å². The Morgan fingerprint density at radius 1 is 1.54 bits per heavy atom. The maximum atomic E-state index is 10.8. The number of aliphatic imine (C=N–C) groups is 1. The largest absolute Gasteiger partial charge is 0.448 e. The van der Waals surface area contributed by atoms with Crippen LogP contribution in [0, 0.1) is 0 Å². The highest BCUT2D eigenvalue weighted by Crippen LogP contribution is 1.96. The number of hydrogen-bond acceptors (Lipinski definition) is 4. The van der Waals surface area contributed by atoms with Gasteiger partial charge in [0.25, 0.3) is 0 Å². The fraction of sp³-hybridized carbons (Fsp3) is 0.571. The van der Waals surface area contributed by atoms with Crippen LogP contribution in [0.1, 0.15) is 13.8 Å². The lowest BCUT2D eigenvalue weighted by molar-refractivity contribution is -0.117. The molecule has 6 heteroatoms. The van der Waals surface area contributed by atoms with Crippen LogP contribution >= 0.6 is 11.8 Å². The number of nitrogens with one attached hydrogen (secondary N) is 1. The summed E-state index contributed by atoms with van der Waals surface area (Å²) in [5.41, 5.74) is 0. The quantitative estimate of drug-likeness (QED) is 0.511. The summed E-state index contributed by atoms with van der Waals surface area (Å²) in [6.45, 7) is 3.30. The van der Waals surface area contributed by atoms with E-state index < -0.39 is 6.09 Å². The lowest BCUT2D eigenvalue weighted by Gasteiger charge is -2.02. The van der Waals surface area contributed by atoms with E-state index in [0.29, 0.717) is 0 Å². The minimum Gasteiger partial charge on any atom is -0.448 e. The van der Waals surface area contributed by atoms with E-state index in [1.165, 1.54) is 18.7 Å². The van der Waals surface area contributed by atoms with Gasteiger partial charge in [0.2, 0.25) is 5.91 Å². The summed E-state index contributed by atoms with van der Waals surface area (Å²) < 4.78 is 4.56. The second-order valence-electron chi connectivity index (χ2n) is 2.00. The van der Waals surface area contributed by atoms with E-state index in [1.54, 1.807) is 13.2 Å². The van der Waals surface area contributed by atoms with E-state index in [2.05, 4.69) is 15.0 Å². The smallest absolute Gasteiger partial charge is 0.436 e. The molecule has 0 aliphatic carbocycles. The molecule has 0 saturated heterocycles. The van der Waals surface area contributed by atoms with E-state index in [9.17, 15) is 9.59 Å². The van der Waals surface area contributed by atoms with Crippen LogP contribution in [0.2, 0.25) is 0 Å². The first-order valence-electron chi connectivity index (χ1n) is 3.67. The highest BCUT2D eigenvalue weighted by atomic mass is 32.2. The number of rotatable bonds is 1. The number of thioether (sulfide) groups is 1. The molecule has 0 aliphatic rings. The molecule has 0 aromatic carbocycles. The van der Waals surface area contributed by atoms with Gasteiger partial charge >= 0.3 is 6.09 Å². The summed E-state index contributed by atoms with van der Waals surface area (Å²) in [6, 6.07) is 0. The van der Waals surface area contributed by atoms with Gasteiger partial charge in [-0.3, -0.25) is 4.79 Å². The molecule has 13 heavy (non-hydrogen) atoms. The first kappa shape index (κ1) is 12.0. The molecular weight excluding hydrogens is 192 g/mol. The first-order valence-corrected chi connectivity index (χ1v) is 4.89. The monoisotopic (exact) mass is 204 g/mol. The van der Waals surface area contributed by atoms with Crippen molar-refractivity contribution in [1.82, 2.24) is 5.32 Å². The predicted molar refractivity (Wildman–Crippen MR) is 51.8 cm³/mol. The standard InChI is InChI=1S/C7H12N2O3S/c1-4-12-7(11)9-6(13-3)8-5(2)10/h4H2,1-3H3,(H,8,9,10,11). The lowest BCUT2D eigenvalue weighted by atomic mass is 10.7. The third kappa shape index (κ3) is 6.15. The Kier molecular flexibility index (Phi) is 5.96. The molecule has 0 atom stereocenters. The predicted octanol–water partition coefficient (Wildman–Crippen LogP) is 0.998. The number of amidine groups is 1. The molecule has 1 N–H and O–H groups in total. The Labute approximate surface area is 80.9 Å². The van der Waals surface area contributed by atoms with Gasteiger partial charge in [0, 0.05) is 6.92 Å². The van der Waals surface area contributed by atoms with Gasteiger partial charge < -0.3 is 10.1 Å². The summed E-state index contributed by atoms with van der Waals surface area (Å²) in [5, 5.41) is 2.63. The average Bonchev–Trinajstić information content (AvgIpc) is 2.02. The van der Waals surface area contributed by atoms with E-state index >= 15 is 0 Å². The van der Waals surface area contributed by atoms with Crippen molar-refractivity contribution in [1.29, 1.82) is 0 Å². The van der Waals surface area contributed by atoms with E-state index in [-0.39, 0.29) is 17.7 Å². The van der Waals surface area contributed by atoms with E-state index in [4.69, 9.17) is 0 Å². The molecule has 0 aliphatic heterocycles. The van der Waals surface area contributed by atoms with Crippen LogP contribution in [0.3, 0.4) is 0 Å². The van der Waals surface area contributed by atoms with Gasteiger partial charge in [0.15, 0.2) is 5.17 Å². The summed E-state index contributed by atoms with van der Waals surface area (Å²) >= 11 is 1.17. The molecule has 0 spiro atoms. The molecule has 0 aromatic rings. The van der Waals surface area contributed by atoms with Crippen LogP contribution in [-0.4, -0.2) is 30.0 Å². The molecule has 0 unspecified atom stereocenters. The number of carbonyl (C=O) groups is 2. The van der Waals surface area contributed by atoms with Crippen molar-refractivity contribution in [2.75, 3.05) is 12.9 Å². The zero-order valence-corrected chi connectivity index (χ0v) is 8.60. The number of amides is 2. The van der Waals surface area contributed by atoms with E-state index in [1.807, 2.05) is 0 Å². The van der Waals surface area contributed by atoms with Crippen molar-refractivity contribution in [2.45, 2.75) is 13.8 Å². The Morgan fingerprint density at radius 2 is 2.15 bits per heavy atom. The number of ether oxygens (including phenoxy) is 1. The molecule has 0 heterocycles. The Hall–Kier alpha value is -1.04. The number of carbonyl (C=O) groups excluding carboxylic acids is 2. The lowest BCUT2D eigenvalue weighted by Crippen LogP contribution is -2.26. The van der Waals surface area contributed by atoms with Gasteiger partial charge in [-0.05, 0) is 13.2 Å². The van der Waals surface area contributed by atoms with E-state index in [0.717, 1.165) is 0 Å². The molecule has 2 amide bonds. The van der Waals surface area contributed by atoms with Gasteiger partial charge in [-0.15, -0.1) is 0 Å². The topological polar surface area (TPSA) is 67.8 Å². The molecule has 0 aromatic heterocycles. The fourth-order valence-corrected chi connectivity index (χ4v) is 0.925. The molecule has 0 radical (unpaired) electrons. The van der Waals surface area contributed by atoms with Gasteiger partial charge in [0.1, 0.15) is 0 Å².